The second kappa shape index (κ2) is 3.10. The van der Waals surface area contributed by atoms with E-state index in [1.807, 2.05) is 6.92 Å². The Hall–Kier alpha value is -0.900. The fourth-order valence-corrected chi connectivity index (χ4v) is 1.78. The Balaban J connectivity index is 2.22. The average molecular weight is 181 g/mol. The van der Waals surface area contributed by atoms with Gasteiger partial charge in [0.15, 0.2) is 5.82 Å². The van der Waals surface area contributed by atoms with Crippen LogP contribution in [0.3, 0.4) is 0 Å². The molecule has 2 heterocycles. The van der Waals surface area contributed by atoms with Gasteiger partial charge in [0.25, 0.3) is 0 Å². The summed E-state index contributed by atoms with van der Waals surface area (Å²) < 4.78 is 5.21. The molecule has 0 unspecified atom stereocenters. The molecule has 1 aliphatic rings. The number of hydrogen-bond acceptors (Lipinski definition) is 4. The molecule has 0 bridgehead atoms. The Kier molecular flexibility index (Phi) is 2.07. The zero-order valence-electron chi connectivity index (χ0n) is 8.13. The summed E-state index contributed by atoms with van der Waals surface area (Å²) >= 11 is 0. The van der Waals surface area contributed by atoms with Crippen molar-refractivity contribution in [1.82, 2.24) is 15.5 Å². The van der Waals surface area contributed by atoms with Gasteiger partial charge in [0.2, 0.25) is 5.89 Å². The van der Waals surface area contributed by atoms with Crippen LogP contribution in [-0.2, 0) is 5.41 Å². The Morgan fingerprint density at radius 3 is 2.92 bits per heavy atom. The van der Waals surface area contributed by atoms with Gasteiger partial charge >= 0.3 is 0 Å². The molecular weight excluding hydrogens is 166 g/mol. The molecule has 13 heavy (non-hydrogen) atoms. The Morgan fingerprint density at radius 2 is 2.38 bits per heavy atom. The zero-order valence-corrected chi connectivity index (χ0v) is 8.13. The molecule has 1 aliphatic heterocycles. The van der Waals surface area contributed by atoms with Gasteiger partial charge in [0.05, 0.1) is 5.41 Å². The Labute approximate surface area is 77.7 Å². The number of piperidine rings is 1. The van der Waals surface area contributed by atoms with Crippen LogP contribution in [-0.4, -0.2) is 23.2 Å². The van der Waals surface area contributed by atoms with E-state index in [2.05, 4.69) is 22.4 Å². The molecule has 1 aromatic heterocycles. The van der Waals surface area contributed by atoms with Crippen molar-refractivity contribution in [1.29, 1.82) is 0 Å². The van der Waals surface area contributed by atoms with Gasteiger partial charge in [-0.25, -0.2) is 0 Å². The van der Waals surface area contributed by atoms with E-state index in [4.69, 9.17) is 4.52 Å². The lowest BCUT2D eigenvalue weighted by atomic mass is 9.83. The molecule has 1 saturated heterocycles. The maximum atomic E-state index is 5.21. The maximum absolute atomic E-state index is 5.21. The largest absolute Gasteiger partial charge is 0.339 e. The highest BCUT2D eigenvalue weighted by atomic mass is 16.5. The Morgan fingerprint density at radius 1 is 1.54 bits per heavy atom. The van der Waals surface area contributed by atoms with Gasteiger partial charge in [0.1, 0.15) is 0 Å². The van der Waals surface area contributed by atoms with Crippen molar-refractivity contribution in [3.05, 3.63) is 11.7 Å². The summed E-state index contributed by atoms with van der Waals surface area (Å²) in [6.45, 7) is 6.07. The van der Waals surface area contributed by atoms with E-state index >= 15 is 0 Å². The normalized spacial score (nSPS) is 29.1. The van der Waals surface area contributed by atoms with Crippen LogP contribution in [0.25, 0.3) is 0 Å². The first-order chi connectivity index (χ1) is 6.21. The summed E-state index contributed by atoms with van der Waals surface area (Å²) in [5, 5.41) is 7.18. The van der Waals surface area contributed by atoms with E-state index in [0.29, 0.717) is 0 Å². The quantitative estimate of drug-likeness (QED) is 0.702. The third kappa shape index (κ3) is 1.58. The molecule has 1 atom stereocenters. The third-order valence-corrected chi connectivity index (χ3v) is 2.64. The molecule has 0 aliphatic carbocycles. The van der Waals surface area contributed by atoms with Crippen LogP contribution in [0.1, 0.15) is 31.5 Å². The lowest BCUT2D eigenvalue weighted by molar-refractivity contribution is 0.245. The van der Waals surface area contributed by atoms with Crippen molar-refractivity contribution in [3.8, 4) is 0 Å². The highest BCUT2D eigenvalue weighted by molar-refractivity contribution is 5.05. The standard InChI is InChI=1S/C9H15N3O/c1-7-11-8(13-12-7)9(2)4-3-5-10-6-9/h10H,3-6H2,1-2H3/t9-/m1/s1. The summed E-state index contributed by atoms with van der Waals surface area (Å²) in [7, 11) is 0. The van der Waals surface area contributed by atoms with Crippen LogP contribution in [0.5, 0.6) is 0 Å². The molecule has 1 fully saturated rings. The monoisotopic (exact) mass is 181 g/mol. The second-order valence-corrected chi connectivity index (χ2v) is 3.99. The van der Waals surface area contributed by atoms with Gasteiger partial charge < -0.3 is 9.84 Å². The molecule has 1 N–H and O–H groups in total. The first-order valence-electron chi connectivity index (χ1n) is 4.72. The molecule has 4 heteroatoms. The molecule has 0 saturated carbocycles. The SMILES string of the molecule is Cc1noc([C@]2(C)CCCNC2)n1. The van der Waals surface area contributed by atoms with Crippen molar-refractivity contribution >= 4 is 0 Å². The number of nitrogens with zero attached hydrogens (tertiary/aromatic N) is 2. The van der Waals surface area contributed by atoms with Crippen molar-refractivity contribution < 1.29 is 4.52 Å². The molecule has 0 spiro atoms. The lowest BCUT2D eigenvalue weighted by Gasteiger charge is -2.30. The van der Waals surface area contributed by atoms with Crippen molar-refractivity contribution in [2.24, 2.45) is 0 Å². The van der Waals surface area contributed by atoms with Gasteiger partial charge in [0, 0.05) is 6.54 Å². The predicted molar refractivity (Wildman–Crippen MR) is 48.5 cm³/mol. The minimum absolute atomic E-state index is 0.0412. The second-order valence-electron chi connectivity index (χ2n) is 3.99. The summed E-state index contributed by atoms with van der Waals surface area (Å²) in [5.74, 6) is 1.50. The van der Waals surface area contributed by atoms with Gasteiger partial charge in [-0.1, -0.05) is 5.16 Å². The fraction of sp³-hybridized carbons (Fsp3) is 0.778. The molecule has 1 aromatic rings. The number of nitrogens with one attached hydrogen (secondary N) is 1. The predicted octanol–water partition coefficient (Wildman–Crippen LogP) is 1.02. The van der Waals surface area contributed by atoms with Crippen LogP contribution in [0.2, 0.25) is 0 Å². The first kappa shape index (κ1) is 8.69. The average Bonchev–Trinajstić information content (AvgIpc) is 2.54. The molecule has 0 amide bonds. The van der Waals surface area contributed by atoms with Gasteiger partial charge in [-0.3, -0.25) is 0 Å². The van der Waals surface area contributed by atoms with E-state index in [1.165, 1.54) is 6.42 Å². The van der Waals surface area contributed by atoms with Crippen LogP contribution >= 0.6 is 0 Å². The molecular formula is C9H15N3O. The first-order valence-corrected chi connectivity index (χ1v) is 4.72. The van der Waals surface area contributed by atoms with Crippen molar-refractivity contribution in [2.75, 3.05) is 13.1 Å². The smallest absolute Gasteiger partial charge is 0.233 e. The van der Waals surface area contributed by atoms with Gasteiger partial charge in [-0.05, 0) is 33.2 Å². The van der Waals surface area contributed by atoms with Crippen molar-refractivity contribution in [2.45, 2.75) is 32.1 Å². The highest BCUT2D eigenvalue weighted by Crippen LogP contribution is 2.28. The van der Waals surface area contributed by atoms with Crippen LogP contribution in [0.4, 0.5) is 0 Å². The summed E-state index contributed by atoms with van der Waals surface area (Å²) in [4.78, 5) is 4.29. The zero-order chi connectivity index (χ0) is 9.31. The number of rotatable bonds is 1. The third-order valence-electron chi connectivity index (χ3n) is 2.64. The minimum atomic E-state index is 0.0412. The van der Waals surface area contributed by atoms with Gasteiger partial charge in [-0.2, -0.15) is 4.98 Å². The van der Waals surface area contributed by atoms with E-state index < -0.39 is 0 Å². The summed E-state index contributed by atoms with van der Waals surface area (Å²) in [6.07, 6.45) is 2.31. The molecule has 2 rings (SSSR count). The topological polar surface area (TPSA) is 51.0 Å². The molecule has 0 radical (unpaired) electrons. The minimum Gasteiger partial charge on any atom is -0.339 e. The Bertz CT molecular complexity index is 289. The van der Waals surface area contributed by atoms with Crippen LogP contribution in [0.15, 0.2) is 4.52 Å². The van der Waals surface area contributed by atoms with E-state index in [0.717, 1.165) is 31.2 Å². The number of aromatic nitrogens is 2. The maximum Gasteiger partial charge on any atom is 0.233 e. The van der Waals surface area contributed by atoms with E-state index in [-0.39, 0.29) is 5.41 Å². The van der Waals surface area contributed by atoms with E-state index in [9.17, 15) is 0 Å². The summed E-state index contributed by atoms with van der Waals surface area (Å²) in [5.41, 5.74) is 0.0412. The highest BCUT2D eigenvalue weighted by Gasteiger charge is 2.33. The van der Waals surface area contributed by atoms with Crippen LogP contribution < -0.4 is 5.32 Å². The van der Waals surface area contributed by atoms with Crippen molar-refractivity contribution in [3.63, 3.8) is 0 Å². The molecule has 0 aromatic carbocycles. The van der Waals surface area contributed by atoms with Gasteiger partial charge in [-0.15, -0.1) is 0 Å². The fourth-order valence-electron chi connectivity index (χ4n) is 1.78. The summed E-state index contributed by atoms with van der Waals surface area (Å²) in [6, 6.07) is 0. The molecule has 4 nitrogen and oxygen atoms in total. The number of hydrogen-bond donors (Lipinski definition) is 1. The number of aryl methyl sites for hydroxylation is 1. The van der Waals surface area contributed by atoms with E-state index in [1.54, 1.807) is 0 Å². The molecule has 72 valence electrons. The van der Waals surface area contributed by atoms with Crippen LogP contribution in [0, 0.1) is 6.92 Å². The lowest BCUT2D eigenvalue weighted by Crippen LogP contribution is -2.41.